The fraction of sp³-hybridized carbons (Fsp3) is 0.182. The fourth-order valence-electron chi connectivity index (χ4n) is 1.49. The van der Waals surface area contributed by atoms with Crippen molar-refractivity contribution in [3.63, 3.8) is 0 Å². The summed E-state index contributed by atoms with van der Waals surface area (Å²) < 4.78 is 15.4. The Morgan fingerprint density at radius 2 is 2.19 bits per heavy atom. The molecular formula is C11H11ClFN3. The standard InChI is InChI=1S/C11H11ClFN3/c1-7-2-3-9(12)8(11(7)13)6-16-5-4-10(14)15-16/h2-5H,6H2,1H3,(H2,14,15). The van der Waals surface area contributed by atoms with Crippen LogP contribution in [0.25, 0.3) is 0 Å². The zero-order valence-electron chi connectivity index (χ0n) is 8.74. The van der Waals surface area contributed by atoms with Gasteiger partial charge in [0.2, 0.25) is 0 Å². The van der Waals surface area contributed by atoms with Crippen LogP contribution >= 0.6 is 11.6 Å². The molecule has 0 atom stereocenters. The van der Waals surface area contributed by atoms with E-state index in [9.17, 15) is 4.39 Å². The summed E-state index contributed by atoms with van der Waals surface area (Å²) in [6, 6.07) is 4.99. The summed E-state index contributed by atoms with van der Waals surface area (Å²) in [5.74, 6) is 0.116. The minimum atomic E-state index is -0.290. The average Bonchev–Trinajstić information content (AvgIpc) is 2.65. The van der Waals surface area contributed by atoms with Crippen LogP contribution in [0.4, 0.5) is 10.2 Å². The number of rotatable bonds is 2. The van der Waals surface area contributed by atoms with Crippen molar-refractivity contribution < 1.29 is 4.39 Å². The van der Waals surface area contributed by atoms with Crippen LogP contribution in [-0.4, -0.2) is 9.78 Å². The normalized spacial score (nSPS) is 10.7. The van der Waals surface area contributed by atoms with E-state index < -0.39 is 0 Å². The quantitative estimate of drug-likeness (QED) is 0.876. The molecule has 3 nitrogen and oxygen atoms in total. The van der Waals surface area contributed by atoms with Gasteiger partial charge in [0.05, 0.1) is 6.54 Å². The van der Waals surface area contributed by atoms with Crippen LogP contribution in [0.15, 0.2) is 24.4 Å². The van der Waals surface area contributed by atoms with Gasteiger partial charge >= 0.3 is 0 Å². The van der Waals surface area contributed by atoms with Gasteiger partial charge in [-0.05, 0) is 24.6 Å². The molecule has 1 aromatic heterocycles. The van der Waals surface area contributed by atoms with E-state index in [1.807, 2.05) is 0 Å². The van der Waals surface area contributed by atoms with E-state index in [2.05, 4.69) is 5.10 Å². The first kappa shape index (κ1) is 11.0. The molecule has 0 amide bonds. The number of aryl methyl sites for hydroxylation is 1. The van der Waals surface area contributed by atoms with Crippen LogP contribution < -0.4 is 5.73 Å². The van der Waals surface area contributed by atoms with Gasteiger partial charge in [-0.1, -0.05) is 17.7 Å². The Kier molecular flexibility index (Phi) is 2.83. The van der Waals surface area contributed by atoms with Crippen molar-refractivity contribution in [2.24, 2.45) is 0 Å². The molecule has 16 heavy (non-hydrogen) atoms. The predicted octanol–water partition coefficient (Wildman–Crippen LogP) is 2.61. The predicted molar refractivity (Wildman–Crippen MR) is 61.9 cm³/mol. The third-order valence-electron chi connectivity index (χ3n) is 2.36. The number of aromatic nitrogens is 2. The second-order valence-corrected chi connectivity index (χ2v) is 4.00. The van der Waals surface area contributed by atoms with Crippen LogP contribution in [-0.2, 0) is 6.54 Å². The fourth-order valence-corrected chi connectivity index (χ4v) is 1.69. The van der Waals surface area contributed by atoms with Gasteiger partial charge in [-0.25, -0.2) is 4.39 Å². The number of anilines is 1. The summed E-state index contributed by atoms with van der Waals surface area (Å²) in [7, 11) is 0. The van der Waals surface area contributed by atoms with Gasteiger partial charge in [-0.2, -0.15) is 5.10 Å². The molecule has 5 heteroatoms. The first-order valence-electron chi connectivity index (χ1n) is 4.80. The Morgan fingerprint density at radius 1 is 1.44 bits per heavy atom. The third kappa shape index (κ3) is 2.02. The van der Waals surface area contributed by atoms with E-state index in [0.717, 1.165) is 0 Å². The average molecular weight is 240 g/mol. The lowest BCUT2D eigenvalue weighted by Crippen LogP contribution is -2.05. The van der Waals surface area contributed by atoms with Crippen molar-refractivity contribution >= 4 is 17.4 Å². The number of halogens is 2. The summed E-state index contributed by atoms with van der Waals surface area (Å²) in [6.07, 6.45) is 1.69. The first-order chi connectivity index (χ1) is 7.58. The van der Waals surface area contributed by atoms with Crippen LogP contribution in [0.3, 0.4) is 0 Å². The topological polar surface area (TPSA) is 43.8 Å². The molecule has 0 aliphatic carbocycles. The number of nitrogens with zero attached hydrogens (tertiary/aromatic N) is 2. The van der Waals surface area contributed by atoms with Crippen molar-refractivity contribution in [2.45, 2.75) is 13.5 Å². The summed E-state index contributed by atoms with van der Waals surface area (Å²) in [5.41, 5.74) is 6.48. The number of benzene rings is 1. The Balaban J connectivity index is 2.37. The molecule has 0 saturated heterocycles. The molecular weight excluding hydrogens is 229 g/mol. The van der Waals surface area contributed by atoms with Crippen molar-refractivity contribution in [2.75, 3.05) is 5.73 Å². The highest BCUT2D eigenvalue weighted by Crippen LogP contribution is 2.22. The number of hydrogen-bond acceptors (Lipinski definition) is 2. The molecule has 0 fully saturated rings. The molecule has 0 bridgehead atoms. The van der Waals surface area contributed by atoms with Gasteiger partial charge < -0.3 is 5.73 Å². The van der Waals surface area contributed by atoms with E-state index in [1.54, 1.807) is 36.0 Å². The van der Waals surface area contributed by atoms with Gasteiger partial charge in [-0.15, -0.1) is 0 Å². The van der Waals surface area contributed by atoms with Crippen molar-refractivity contribution in [1.82, 2.24) is 9.78 Å². The summed E-state index contributed by atoms with van der Waals surface area (Å²) in [5, 5.41) is 4.39. The maximum absolute atomic E-state index is 13.8. The van der Waals surface area contributed by atoms with Crippen LogP contribution in [0.2, 0.25) is 5.02 Å². The van der Waals surface area contributed by atoms with Crippen molar-refractivity contribution in [3.8, 4) is 0 Å². The van der Waals surface area contributed by atoms with Crippen LogP contribution in [0.1, 0.15) is 11.1 Å². The largest absolute Gasteiger partial charge is 0.382 e. The van der Waals surface area contributed by atoms with Gasteiger partial charge in [0.25, 0.3) is 0 Å². The molecule has 0 saturated carbocycles. The van der Waals surface area contributed by atoms with E-state index in [0.29, 0.717) is 22.0 Å². The van der Waals surface area contributed by atoms with Gasteiger partial charge in [0.15, 0.2) is 0 Å². The van der Waals surface area contributed by atoms with E-state index in [1.165, 1.54) is 0 Å². The Bertz CT molecular complexity index is 522. The Labute approximate surface area is 97.6 Å². The van der Waals surface area contributed by atoms with Gasteiger partial charge in [-0.3, -0.25) is 4.68 Å². The minimum Gasteiger partial charge on any atom is -0.382 e. The number of nitrogen functional groups attached to an aromatic ring is 1. The zero-order valence-corrected chi connectivity index (χ0v) is 9.50. The molecule has 0 radical (unpaired) electrons. The van der Waals surface area contributed by atoms with E-state index in [4.69, 9.17) is 17.3 Å². The second kappa shape index (κ2) is 4.14. The van der Waals surface area contributed by atoms with E-state index >= 15 is 0 Å². The Morgan fingerprint density at radius 3 is 2.81 bits per heavy atom. The molecule has 0 spiro atoms. The highest BCUT2D eigenvalue weighted by Gasteiger charge is 2.10. The van der Waals surface area contributed by atoms with Gasteiger partial charge in [0.1, 0.15) is 11.6 Å². The molecule has 2 aromatic rings. The summed E-state index contributed by atoms with van der Waals surface area (Å²) in [4.78, 5) is 0. The summed E-state index contributed by atoms with van der Waals surface area (Å²) >= 11 is 5.95. The molecule has 2 rings (SSSR count). The van der Waals surface area contributed by atoms with Gasteiger partial charge in [0, 0.05) is 16.8 Å². The molecule has 0 aliphatic rings. The molecule has 1 aromatic carbocycles. The monoisotopic (exact) mass is 239 g/mol. The van der Waals surface area contributed by atoms with Crippen molar-refractivity contribution in [3.05, 3.63) is 46.4 Å². The van der Waals surface area contributed by atoms with Crippen LogP contribution in [0, 0.1) is 12.7 Å². The molecule has 0 aliphatic heterocycles. The lowest BCUT2D eigenvalue weighted by Gasteiger charge is -2.08. The summed E-state index contributed by atoms with van der Waals surface area (Å²) in [6.45, 7) is 1.98. The van der Waals surface area contributed by atoms with Crippen molar-refractivity contribution in [1.29, 1.82) is 0 Å². The maximum Gasteiger partial charge on any atom is 0.145 e. The minimum absolute atomic E-state index is 0.281. The molecule has 1 heterocycles. The lowest BCUT2D eigenvalue weighted by molar-refractivity contribution is 0.579. The lowest BCUT2D eigenvalue weighted by atomic mass is 10.1. The second-order valence-electron chi connectivity index (χ2n) is 3.60. The third-order valence-corrected chi connectivity index (χ3v) is 2.71. The smallest absolute Gasteiger partial charge is 0.145 e. The number of hydrogen-bond donors (Lipinski definition) is 1. The first-order valence-corrected chi connectivity index (χ1v) is 5.18. The molecule has 0 unspecified atom stereocenters. The highest BCUT2D eigenvalue weighted by atomic mass is 35.5. The van der Waals surface area contributed by atoms with E-state index in [-0.39, 0.29) is 12.4 Å². The molecule has 84 valence electrons. The SMILES string of the molecule is Cc1ccc(Cl)c(Cn2ccc(N)n2)c1F. The highest BCUT2D eigenvalue weighted by molar-refractivity contribution is 6.31. The maximum atomic E-state index is 13.8. The molecule has 2 N–H and O–H groups in total. The Hall–Kier alpha value is -1.55. The zero-order chi connectivity index (χ0) is 11.7. The van der Waals surface area contributed by atoms with Crippen LogP contribution in [0.5, 0.6) is 0 Å². The number of nitrogens with two attached hydrogens (primary N) is 1.